The number of hydrogen-bond donors (Lipinski definition) is 1. The van der Waals surface area contributed by atoms with Gasteiger partial charge in [-0.15, -0.1) is 0 Å². The van der Waals surface area contributed by atoms with Gasteiger partial charge in [0.05, 0.1) is 6.04 Å². The van der Waals surface area contributed by atoms with Gasteiger partial charge in [0, 0.05) is 5.56 Å². The summed E-state index contributed by atoms with van der Waals surface area (Å²) < 4.78 is 5.27. The number of nitrogens with two attached hydrogens (primary N) is 1. The smallest absolute Gasteiger partial charge is 0.243 e. The first-order valence-corrected chi connectivity index (χ1v) is 7.17. The predicted octanol–water partition coefficient (Wildman–Crippen LogP) is 3.91. The van der Waals surface area contributed by atoms with E-state index in [1.165, 1.54) is 5.56 Å². The summed E-state index contributed by atoms with van der Waals surface area (Å²) in [5.74, 6) is 2.14. The van der Waals surface area contributed by atoms with Crippen LogP contribution in [-0.4, -0.2) is 10.1 Å². The molecule has 1 aromatic heterocycles. The minimum absolute atomic E-state index is 0.189. The quantitative estimate of drug-likeness (QED) is 0.897. The Balaban J connectivity index is 2.16. The molecule has 2 aromatic rings. The fourth-order valence-electron chi connectivity index (χ4n) is 2.13. The van der Waals surface area contributed by atoms with Crippen molar-refractivity contribution in [3.63, 3.8) is 0 Å². The van der Waals surface area contributed by atoms with Crippen molar-refractivity contribution < 1.29 is 4.52 Å². The molecular weight excluding hydrogens is 250 g/mol. The molecule has 1 aromatic carbocycles. The zero-order chi connectivity index (χ0) is 14.7. The summed E-state index contributed by atoms with van der Waals surface area (Å²) in [6.07, 6.45) is 0.841. The van der Waals surface area contributed by atoms with Crippen LogP contribution in [0.1, 0.15) is 57.5 Å². The van der Waals surface area contributed by atoms with Crippen LogP contribution in [0.5, 0.6) is 0 Å². The fraction of sp³-hybridized carbons (Fsp3) is 0.500. The zero-order valence-corrected chi connectivity index (χ0v) is 12.6. The number of rotatable bonds is 5. The van der Waals surface area contributed by atoms with Crippen molar-refractivity contribution >= 4 is 0 Å². The van der Waals surface area contributed by atoms with Crippen LogP contribution in [0.4, 0.5) is 0 Å². The van der Waals surface area contributed by atoms with Gasteiger partial charge in [-0.25, -0.2) is 0 Å². The Morgan fingerprint density at radius 1 is 1.10 bits per heavy atom. The number of nitrogens with zero attached hydrogens (tertiary/aromatic N) is 2. The normalized spacial score (nSPS) is 13.2. The third-order valence-corrected chi connectivity index (χ3v) is 3.32. The van der Waals surface area contributed by atoms with Crippen molar-refractivity contribution in [2.45, 2.75) is 46.1 Å². The summed E-state index contributed by atoms with van der Waals surface area (Å²) in [6.45, 7) is 8.60. The largest absolute Gasteiger partial charge is 0.337 e. The zero-order valence-electron chi connectivity index (χ0n) is 12.6. The van der Waals surface area contributed by atoms with Gasteiger partial charge in [-0.2, -0.15) is 4.98 Å². The first-order chi connectivity index (χ1) is 9.47. The molecule has 0 spiro atoms. The Labute approximate surface area is 120 Å². The van der Waals surface area contributed by atoms with E-state index < -0.39 is 0 Å². The molecule has 1 unspecified atom stereocenters. The van der Waals surface area contributed by atoms with Crippen molar-refractivity contribution in [1.29, 1.82) is 0 Å². The molecule has 1 atom stereocenters. The molecule has 0 saturated carbocycles. The van der Waals surface area contributed by atoms with Crippen LogP contribution in [-0.2, 0) is 0 Å². The first kappa shape index (κ1) is 14.7. The standard InChI is InChI=1S/C16H23N3O/c1-10(2)9-14(17)16-18-15(19-20-16)13-7-5-12(6-8-13)11(3)4/h5-8,10-11,14H,9,17H2,1-4H3. The van der Waals surface area contributed by atoms with Crippen molar-refractivity contribution in [2.24, 2.45) is 11.7 Å². The van der Waals surface area contributed by atoms with Crippen LogP contribution in [0, 0.1) is 5.92 Å². The van der Waals surface area contributed by atoms with Gasteiger partial charge in [0.25, 0.3) is 0 Å². The second-order valence-electron chi connectivity index (χ2n) is 5.97. The number of benzene rings is 1. The minimum atomic E-state index is -0.189. The van der Waals surface area contributed by atoms with Crippen LogP contribution in [0.25, 0.3) is 11.4 Å². The summed E-state index contributed by atoms with van der Waals surface area (Å²) in [5.41, 5.74) is 8.31. The molecular formula is C16H23N3O. The van der Waals surface area contributed by atoms with E-state index in [0.29, 0.717) is 23.6 Å². The Bertz CT molecular complexity index is 543. The lowest BCUT2D eigenvalue weighted by atomic mass is 10.0. The van der Waals surface area contributed by atoms with Gasteiger partial charge in [-0.1, -0.05) is 57.1 Å². The molecule has 2 N–H and O–H groups in total. The topological polar surface area (TPSA) is 64.9 Å². The van der Waals surface area contributed by atoms with Crippen molar-refractivity contribution in [3.05, 3.63) is 35.7 Å². The lowest BCUT2D eigenvalue weighted by molar-refractivity contribution is 0.335. The first-order valence-electron chi connectivity index (χ1n) is 7.17. The summed E-state index contributed by atoms with van der Waals surface area (Å²) in [5, 5.41) is 4.02. The van der Waals surface area contributed by atoms with E-state index in [1.807, 2.05) is 12.1 Å². The second kappa shape index (κ2) is 6.18. The Morgan fingerprint density at radius 2 is 1.75 bits per heavy atom. The highest BCUT2D eigenvalue weighted by molar-refractivity contribution is 5.54. The third kappa shape index (κ3) is 3.45. The van der Waals surface area contributed by atoms with E-state index in [1.54, 1.807) is 0 Å². The van der Waals surface area contributed by atoms with E-state index in [0.717, 1.165) is 12.0 Å². The molecule has 0 bridgehead atoms. The lowest BCUT2D eigenvalue weighted by Crippen LogP contribution is -2.13. The molecule has 2 rings (SSSR count). The second-order valence-corrected chi connectivity index (χ2v) is 5.97. The van der Waals surface area contributed by atoms with E-state index >= 15 is 0 Å². The Hall–Kier alpha value is -1.68. The Kier molecular flexibility index (Phi) is 4.55. The highest BCUT2D eigenvalue weighted by atomic mass is 16.5. The molecule has 0 amide bonds. The molecule has 4 nitrogen and oxygen atoms in total. The number of aromatic nitrogens is 2. The summed E-state index contributed by atoms with van der Waals surface area (Å²) >= 11 is 0. The molecule has 0 aliphatic heterocycles. The average Bonchev–Trinajstić information content (AvgIpc) is 2.87. The van der Waals surface area contributed by atoms with Crippen LogP contribution >= 0.6 is 0 Å². The van der Waals surface area contributed by atoms with Gasteiger partial charge in [0.1, 0.15) is 0 Å². The van der Waals surface area contributed by atoms with E-state index in [-0.39, 0.29) is 6.04 Å². The minimum Gasteiger partial charge on any atom is -0.337 e. The summed E-state index contributed by atoms with van der Waals surface area (Å²) in [6, 6.07) is 8.07. The van der Waals surface area contributed by atoms with Gasteiger partial charge in [-0.3, -0.25) is 0 Å². The molecule has 4 heteroatoms. The van der Waals surface area contributed by atoms with Gasteiger partial charge in [0.15, 0.2) is 0 Å². The maximum Gasteiger partial charge on any atom is 0.243 e. The van der Waals surface area contributed by atoms with Gasteiger partial charge >= 0.3 is 0 Å². The van der Waals surface area contributed by atoms with Gasteiger partial charge in [0.2, 0.25) is 11.7 Å². The van der Waals surface area contributed by atoms with E-state index in [9.17, 15) is 0 Å². The number of hydrogen-bond acceptors (Lipinski definition) is 4. The van der Waals surface area contributed by atoms with Crippen molar-refractivity contribution in [3.8, 4) is 11.4 Å². The molecule has 0 radical (unpaired) electrons. The van der Waals surface area contributed by atoms with E-state index in [4.69, 9.17) is 10.3 Å². The molecule has 0 aliphatic carbocycles. The summed E-state index contributed by atoms with van der Waals surface area (Å²) in [4.78, 5) is 4.41. The average molecular weight is 273 g/mol. The molecule has 1 heterocycles. The maximum absolute atomic E-state index is 6.05. The third-order valence-electron chi connectivity index (χ3n) is 3.32. The van der Waals surface area contributed by atoms with Gasteiger partial charge in [-0.05, 0) is 23.8 Å². The maximum atomic E-state index is 6.05. The Morgan fingerprint density at radius 3 is 2.30 bits per heavy atom. The van der Waals surface area contributed by atoms with E-state index in [2.05, 4.69) is 50.0 Å². The van der Waals surface area contributed by atoms with Crippen LogP contribution in [0.2, 0.25) is 0 Å². The van der Waals surface area contributed by atoms with Gasteiger partial charge < -0.3 is 10.3 Å². The van der Waals surface area contributed by atoms with Crippen molar-refractivity contribution in [1.82, 2.24) is 10.1 Å². The SMILES string of the molecule is CC(C)CC(N)c1nc(-c2ccc(C(C)C)cc2)no1. The summed E-state index contributed by atoms with van der Waals surface area (Å²) in [7, 11) is 0. The van der Waals surface area contributed by atoms with Crippen LogP contribution in [0.3, 0.4) is 0 Å². The molecule has 0 saturated heterocycles. The highest BCUT2D eigenvalue weighted by Gasteiger charge is 2.16. The highest BCUT2D eigenvalue weighted by Crippen LogP contribution is 2.23. The molecule has 0 aliphatic rings. The van der Waals surface area contributed by atoms with Crippen LogP contribution < -0.4 is 5.73 Å². The molecule has 0 fully saturated rings. The lowest BCUT2D eigenvalue weighted by Gasteiger charge is -2.08. The monoisotopic (exact) mass is 273 g/mol. The fourth-order valence-corrected chi connectivity index (χ4v) is 2.13. The predicted molar refractivity (Wildman–Crippen MR) is 80.2 cm³/mol. The molecule has 20 heavy (non-hydrogen) atoms. The molecule has 108 valence electrons. The van der Waals surface area contributed by atoms with Crippen molar-refractivity contribution in [2.75, 3.05) is 0 Å². The van der Waals surface area contributed by atoms with Crippen LogP contribution in [0.15, 0.2) is 28.8 Å².